The molecule has 0 aromatic carbocycles. The fraction of sp³-hybridized carbons (Fsp3) is 0.571. The van der Waals surface area contributed by atoms with Gasteiger partial charge in [-0.05, 0) is 37.8 Å². The number of fused-ring (bicyclic) bond motifs is 2. The molecule has 0 N–H and O–H groups in total. The summed E-state index contributed by atoms with van der Waals surface area (Å²) >= 11 is 0. The lowest BCUT2D eigenvalue weighted by Gasteiger charge is -2.48. The number of nitrogens with zero attached hydrogens (tertiary/aromatic N) is 7. The zero-order valence-electron chi connectivity index (χ0n) is 17.7. The van der Waals surface area contributed by atoms with E-state index in [1.54, 1.807) is 17.3 Å². The van der Waals surface area contributed by atoms with Crippen LogP contribution in [0, 0.1) is 0 Å². The lowest BCUT2D eigenvalue weighted by Crippen LogP contribution is -2.58. The number of rotatable bonds is 1. The van der Waals surface area contributed by atoms with Crippen molar-refractivity contribution in [3.63, 3.8) is 0 Å². The van der Waals surface area contributed by atoms with E-state index < -0.39 is 5.54 Å². The molecule has 0 saturated carbocycles. The summed E-state index contributed by atoms with van der Waals surface area (Å²) in [7, 11) is 1.40. The van der Waals surface area contributed by atoms with Crippen LogP contribution in [0.5, 0.6) is 0 Å². The molecule has 164 valence electrons. The molecule has 0 atom stereocenters. The largest absolute Gasteiger partial charge is 0.453 e. The highest BCUT2D eigenvalue weighted by Gasteiger charge is 2.46. The van der Waals surface area contributed by atoms with E-state index in [-0.39, 0.29) is 12.1 Å². The molecule has 2 aromatic rings. The van der Waals surface area contributed by atoms with E-state index >= 15 is 0 Å². The van der Waals surface area contributed by atoms with Crippen LogP contribution in [-0.4, -0.2) is 86.4 Å². The lowest BCUT2D eigenvalue weighted by molar-refractivity contribution is 0.0397. The highest BCUT2D eigenvalue weighted by molar-refractivity contribution is 5.75. The number of urea groups is 1. The van der Waals surface area contributed by atoms with Gasteiger partial charge in [0.05, 0.1) is 19.2 Å². The van der Waals surface area contributed by atoms with Crippen LogP contribution < -0.4 is 0 Å². The van der Waals surface area contributed by atoms with Crippen LogP contribution in [0.3, 0.4) is 0 Å². The molecule has 2 fully saturated rings. The fourth-order valence-corrected chi connectivity index (χ4v) is 5.11. The number of pyridine rings is 1. The zero-order chi connectivity index (χ0) is 21.4. The predicted molar refractivity (Wildman–Crippen MR) is 111 cm³/mol. The Kier molecular flexibility index (Phi) is 4.99. The SMILES string of the molecule is COC(=O)N1Cc2nnc(-c3cccnc3)n2C2(CCN(C(=O)N3CCCC3)CC2)C1. The molecule has 2 saturated heterocycles. The number of carbonyl (C=O) groups is 2. The van der Waals surface area contributed by atoms with Crippen molar-refractivity contribution in [2.45, 2.75) is 37.8 Å². The maximum absolute atomic E-state index is 12.9. The van der Waals surface area contributed by atoms with E-state index in [0.717, 1.165) is 56.0 Å². The van der Waals surface area contributed by atoms with Gasteiger partial charge in [-0.15, -0.1) is 10.2 Å². The third-order valence-corrected chi connectivity index (χ3v) is 6.72. The van der Waals surface area contributed by atoms with E-state index in [1.807, 2.05) is 21.9 Å². The van der Waals surface area contributed by atoms with Crippen molar-refractivity contribution in [1.29, 1.82) is 0 Å². The Morgan fingerprint density at radius 1 is 1.03 bits per heavy atom. The highest BCUT2D eigenvalue weighted by Crippen LogP contribution is 2.39. The summed E-state index contributed by atoms with van der Waals surface area (Å²) in [6.45, 7) is 3.80. The van der Waals surface area contributed by atoms with Crippen LogP contribution >= 0.6 is 0 Å². The molecule has 3 aliphatic heterocycles. The minimum absolute atomic E-state index is 0.129. The first-order valence-corrected chi connectivity index (χ1v) is 10.8. The molecule has 5 heterocycles. The Balaban J connectivity index is 1.47. The Labute approximate surface area is 180 Å². The monoisotopic (exact) mass is 425 g/mol. The van der Waals surface area contributed by atoms with E-state index in [0.29, 0.717) is 26.2 Å². The number of amides is 3. The van der Waals surface area contributed by atoms with Crippen LogP contribution in [0.25, 0.3) is 11.4 Å². The Morgan fingerprint density at radius 2 is 1.77 bits per heavy atom. The van der Waals surface area contributed by atoms with Crippen LogP contribution in [0.1, 0.15) is 31.5 Å². The van der Waals surface area contributed by atoms with Gasteiger partial charge in [-0.1, -0.05) is 0 Å². The molecule has 3 aliphatic rings. The summed E-state index contributed by atoms with van der Waals surface area (Å²) in [6, 6.07) is 3.98. The topological polar surface area (TPSA) is 96.7 Å². The molecule has 2 aromatic heterocycles. The van der Waals surface area contributed by atoms with E-state index in [2.05, 4.69) is 19.7 Å². The van der Waals surface area contributed by atoms with Crippen LogP contribution in [0.2, 0.25) is 0 Å². The second kappa shape index (κ2) is 7.82. The minimum Gasteiger partial charge on any atom is -0.453 e. The van der Waals surface area contributed by atoms with Crippen LogP contribution in [0.15, 0.2) is 24.5 Å². The van der Waals surface area contributed by atoms with Gasteiger partial charge >= 0.3 is 12.1 Å². The molecule has 31 heavy (non-hydrogen) atoms. The quantitative estimate of drug-likeness (QED) is 0.693. The Hall–Kier alpha value is -3.17. The molecule has 0 unspecified atom stereocenters. The number of hydrogen-bond acceptors (Lipinski definition) is 6. The van der Waals surface area contributed by atoms with Crippen LogP contribution in [-0.2, 0) is 16.8 Å². The maximum atomic E-state index is 12.9. The van der Waals surface area contributed by atoms with Crippen molar-refractivity contribution in [2.24, 2.45) is 0 Å². The van der Waals surface area contributed by atoms with E-state index in [9.17, 15) is 9.59 Å². The Bertz CT molecular complexity index is 963. The Morgan fingerprint density at radius 3 is 2.45 bits per heavy atom. The molecular weight excluding hydrogens is 398 g/mol. The predicted octanol–water partition coefficient (Wildman–Crippen LogP) is 1.93. The molecule has 0 aliphatic carbocycles. The lowest BCUT2D eigenvalue weighted by atomic mass is 9.84. The molecule has 0 radical (unpaired) electrons. The zero-order valence-corrected chi connectivity index (χ0v) is 17.7. The molecule has 3 amide bonds. The fourth-order valence-electron chi connectivity index (χ4n) is 5.11. The summed E-state index contributed by atoms with van der Waals surface area (Å²) in [4.78, 5) is 35.1. The number of piperidine rings is 1. The number of likely N-dealkylation sites (tertiary alicyclic amines) is 2. The average molecular weight is 425 g/mol. The van der Waals surface area contributed by atoms with Gasteiger partial charge in [0.25, 0.3) is 0 Å². The van der Waals surface area contributed by atoms with Crippen molar-refractivity contribution < 1.29 is 14.3 Å². The van der Waals surface area contributed by atoms with Crippen molar-refractivity contribution in [1.82, 2.24) is 34.4 Å². The summed E-state index contributed by atoms with van der Waals surface area (Å²) in [6.07, 6.45) is 6.74. The normalized spacial score (nSPS) is 20.1. The number of carbonyl (C=O) groups excluding carboxylic acids is 2. The molecular formula is C21H27N7O3. The van der Waals surface area contributed by atoms with Gasteiger partial charge in [0.1, 0.15) is 0 Å². The van der Waals surface area contributed by atoms with Crippen LogP contribution in [0.4, 0.5) is 9.59 Å². The standard InChI is InChI=1S/C21H27N7O3/c1-31-20(30)27-14-17-23-24-18(16-5-4-8-22-13-16)28(17)21(15-27)6-11-26(12-7-21)19(29)25-9-2-3-10-25/h4-5,8,13H,2-3,6-7,9-12,14-15H2,1H3. The van der Waals surface area contributed by atoms with Crippen molar-refractivity contribution in [3.05, 3.63) is 30.4 Å². The average Bonchev–Trinajstić information content (AvgIpc) is 3.50. The summed E-state index contributed by atoms with van der Waals surface area (Å²) < 4.78 is 7.19. The summed E-state index contributed by atoms with van der Waals surface area (Å²) in [5.41, 5.74) is 0.501. The summed E-state index contributed by atoms with van der Waals surface area (Å²) in [5.74, 6) is 1.49. The summed E-state index contributed by atoms with van der Waals surface area (Å²) in [5, 5.41) is 8.87. The first-order valence-electron chi connectivity index (χ1n) is 10.8. The van der Waals surface area contributed by atoms with Gasteiger partial charge in [-0.2, -0.15) is 0 Å². The molecule has 0 bridgehead atoms. The highest BCUT2D eigenvalue weighted by atomic mass is 16.5. The second-order valence-electron chi connectivity index (χ2n) is 8.53. The molecule has 1 spiro atoms. The smallest absolute Gasteiger partial charge is 0.409 e. The van der Waals surface area contributed by atoms with Gasteiger partial charge in [-0.3, -0.25) is 9.88 Å². The first-order chi connectivity index (χ1) is 15.1. The van der Waals surface area contributed by atoms with E-state index in [1.165, 1.54) is 7.11 Å². The van der Waals surface area contributed by atoms with Gasteiger partial charge in [0.2, 0.25) is 0 Å². The first kappa shape index (κ1) is 19.8. The van der Waals surface area contributed by atoms with E-state index in [4.69, 9.17) is 4.74 Å². The number of ether oxygens (including phenoxy) is 1. The molecule has 10 heteroatoms. The van der Waals surface area contributed by atoms with Gasteiger partial charge in [0.15, 0.2) is 11.6 Å². The number of hydrogen-bond donors (Lipinski definition) is 0. The number of methoxy groups -OCH3 is 1. The molecule has 5 rings (SSSR count). The van der Waals surface area contributed by atoms with Crippen molar-refractivity contribution >= 4 is 12.1 Å². The number of aromatic nitrogens is 4. The van der Waals surface area contributed by atoms with Gasteiger partial charge in [-0.25, -0.2) is 9.59 Å². The van der Waals surface area contributed by atoms with Crippen molar-refractivity contribution in [2.75, 3.05) is 39.8 Å². The van der Waals surface area contributed by atoms with Gasteiger partial charge < -0.3 is 19.1 Å². The second-order valence-corrected chi connectivity index (χ2v) is 8.53. The third-order valence-electron chi connectivity index (χ3n) is 6.72. The molecule has 10 nitrogen and oxygen atoms in total. The maximum Gasteiger partial charge on any atom is 0.409 e. The third kappa shape index (κ3) is 3.39. The van der Waals surface area contributed by atoms with Crippen molar-refractivity contribution in [3.8, 4) is 11.4 Å². The minimum atomic E-state index is -0.391. The van der Waals surface area contributed by atoms with Gasteiger partial charge in [0, 0.05) is 50.7 Å².